The van der Waals surface area contributed by atoms with Gasteiger partial charge in [0.1, 0.15) is 5.69 Å². The highest BCUT2D eigenvalue weighted by Crippen LogP contribution is 2.46. The number of fused-ring (bicyclic) bond motifs is 1. The number of rotatable bonds is 5. The molecular weight excluding hydrogens is 366 g/mol. The van der Waals surface area contributed by atoms with Crippen LogP contribution >= 0.6 is 11.8 Å². The summed E-state index contributed by atoms with van der Waals surface area (Å²) in [6.45, 7) is 6.77. The zero-order chi connectivity index (χ0) is 20.1. The summed E-state index contributed by atoms with van der Waals surface area (Å²) in [4.78, 5) is 16.5. The van der Waals surface area contributed by atoms with Crippen LogP contribution in [0.5, 0.6) is 0 Å². The van der Waals surface area contributed by atoms with E-state index in [1.807, 2.05) is 11.8 Å². The summed E-state index contributed by atoms with van der Waals surface area (Å²) < 4.78 is 0. The van der Waals surface area contributed by atoms with Crippen molar-refractivity contribution in [3.05, 3.63) is 58.4 Å². The lowest BCUT2D eigenvalue weighted by Crippen LogP contribution is -2.29. The van der Waals surface area contributed by atoms with Crippen LogP contribution < -0.4 is 0 Å². The molecule has 3 rings (SSSR count). The first-order chi connectivity index (χ1) is 13.5. The highest BCUT2D eigenvalue weighted by atomic mass is 32.2. The minimum atomic E-state index is -0.851. The number of nitrogens with zero attached hydrogens (tertiary/aromatic N) is 1. The molecule has 2 aromatic rings. The molecule has 0 amide bonds. The van der Waals surface area contributed by atoms with Crippen LogP contribution in [-0.4, -0.2) is 21.8 Å². The number of aromatic nitrogens is 1. The monoisotopic (exact) mass is 393 g/mol. The van der Waals surface area contributed by atoms with Crippen molar-refractivity contribution in [2.45, 2.75) is 63.2 Å². The number of carboxylic acids is 1. The molecule has 1 aliphatic heterocycles. The summed E-state index contributed by atoms with van der Waals surface area (Å²) in [7, 11) is 0. The molecule has 0 aliphatic carbocycles. The van der Waals surface area contributed by atoms with Crippen LogP contribution in [0.25, 0.3) is 0 Å². The Morgan fingerprint density at radius 1 is 1.21 bits per heavy atom. The smallest absolute Gasteiger partial charge is 0.307 e. The number of benzene rings is 1. The van der Waals surface area contributed by atoms with Gasteiger partial charge in [-0.05, 0) is 77.7 Å². The van der Waals surface area contributed by atoms with E-state index in [4.69, 9.17) is 5.11 Å². The minimum absolute atomic E-state index is 0.0146. The predicted molar refractivity (Wildman–Crippen MR) is 115 cm³/mol. The van der Waals surface area contributed by atoms with Gasteiger partial charge in [0.05, 0.1) is 6.42 Å². The Kier molecular flexibility index (Phi) is 6.46. The van der Waals surface area contributed by atoms with Crippen LogP contribution in [-0.2, 0) is 23.1 Å². The molecule has 0 atom stereocenters. The van der Waals surface area contributed by atoms with E-state index in [9.17, 15) is 4.79 Å². The maximum absolute atomic E-state index is 10.8. The lowest BCUT2D eigenvalue weighted by molar-refractivity contribution is -0.136. The maximum atomic E-state index is 10.8. The Hall–Kier alpha value is -2.25. The third-order valence-electron chi connectivity index (χ3n) is 5.85. The van der Waals surface area contributed by atoms with Crippen LogP contribution in [0.1, 0.15) is 68.0 Å². The number of carbonyl (C=O) groups is 1. The Morgan fingerprint density at radius 2 is 2.00 bits per heavy atom. The SMILES string of the molecule is CCc1cc2c(cc1C#Cc1ccc(CC(=O)O)cn1)C(CC)(CC)CCS2. The number of thioether (sulfide) groups is 1. The molecule has 1 aromatic heterocycles. The normalized spacial score (nSPS) is 14.7. The Balaban J connectivity index is 1.97. The third kappa shape index (κ3) is 4.25. The second-order valence-corrected chi connectivity index (χ2v) is 8.45. The zero-order valence-corrected chi connectivity index (χ0v) is 17.7. The molecule has 1 aliphatic rings. The van der Waals surface area contributed by atoms with Gasteiger partial charge in [-0.1, -0.05) is 32.8 Å². The molecule has 28 heavy (non-hydrogen) atoms. The Morgan fingerprint density at radius 3 is 2.61 bits per heavy atom. The van der Waals surface area contributed by atoms with Crippen LogP contribution in [0.15, 0.2) is 35.4 Å². The van der Waals surface area contributed by atoms with Crippen molar-refractivity contribution in [2.24, 2.45) is 0 Å². The summed E-state index contributed by atoms with van der Waals surface area (Å²) in [5.41, 5.74) is 5.45. The summed E-state index contributed by atoms with van der Waals surface area (Å²) in [5.74, 6) is 6.85. The molecule has 4 heteroatoms. The number of hydrogen-bond donors (Lipinski definition) is 1. The van der Waals surface area contributed by atoms with Crippen LogP contribution in [0.3, 0.4) is 0 Å². The lowest BCUT2D eigenvalue weighted by Gasteiger charge is -2.38. The van der Waals surface area contributed by atoms with Gasteiger partial charge in [-0.15, -0.1) is 11.8 Å². The van der Waals surface area contributed by atoms with Gasteiger partial charge in [0.15, 0.2) is 0 Å². The molecule has 3 nitrogen and oxygen atoms in total. The average Bonchev–Trinajstić information content (AvgIpc) is 2.71. The molecule has 0 saturated carbocycles. The number of hydrogen-bond acceptors (Lipinski definition) is 3. The molecule has 2 heterocycles. The fourth-order valence-electron chi connectivity index (χ4n) is 3.95. The predicted octanol–water partition coefficient (Wildman–Crippen LogP) is 5.22. The van der Waals surface area contributed by atoms with E-state index in [-0.39, 0.29) is 11.8 Å². The van der Waals surface area contributed by atoms with E-state index >= 15 is 0 Å². The molecule has 0 saturated heterocycles. The van der Waals surface area contributed by atoms with Crippen molar-refractivity contribution in [1.82, 2.24) is 4.98 Å². The molecule has 0 bridgehead atoms. The lowest BCUT2D eigenvalue weighted by atomic mass is 9.72. The molecule has 1 aromatic carbocycles. The molecule has 0 radical (unpaired) electrons. The highest BCUT2D eigenvalue weighted by Gasteiger charge is 2.34. The van der Waals surface area contributed by atoms with Crippen molar-refractivity contribution in [1.29, 1.82) is 0 Å². The van der Waals surface area contributed by atoms with Gasteiger partial charge in [-0.25, -0.2) is 4.98 Å². The summed E-state index contributed by atoms with van der Waals surface area (Å²) in [6.07, 6.45) is 6.07. The third-order valence-corrected chi connectivity index (χ3v) is 6.91. The second-order valence-electron chi connectivity index (χ2n) is 7.32. The highest BCUT2D eigenvalue weighted by molar-refractivity contribution is 7.99. The molecule has 0 fully saturated rings. The summed E-state index contributed by atoms with van der Waals surface area (Å²) in [5, 5.41) is 8.87. The van der Waals surface area contributed by atoms with Gasteiger partial charge in [0.25, 0.3) is 0 Å². The average molecular weight is 394 g/mol. The number of pyridine rings is 1. The molecular formula is C24H27NO2S. The van der Waals surface area contributed by atoms with Crippen molar-refractivity contribution >= 4 is 17.7 Å². The maximum Gasteiger partial charge on any atom is 0.307 e. The fraction of sp³-hybridized carbons (Fsp3) is 0.417. The van der Waals surface area contributed by atoms with Gasteiger partial charge in [-0.3, -0.25) is 4.79 Å². The molecule has 1 N–H and O–H groups in total. The first kappa shape index (κ1) is 20.5. The summed E-state index contributed by atoms with van der Waals surface area (Å²) in [6, 6.07) is 8.24. The van der Waals surface area contributed by atoms with E-state index in [1.54, 1.807) is 18.3 Å². The van der Waals surface area contributed by atoms with E-state index in [0.29, 0.717) is 11.3 Å². The standard InChI is InChI=1S/C24H27NO2S/c1-4-18-15-22-21(24(5-2,6-3)11-12-28-22)14-19(18)8-10-20-9-7-17(16-25-20)13-23(26)27/h7,9,14-16H,4-6,11-13H2,1-3H3,(H,26,27). The van der Waals surface area contributed by atoms with Crippen molar-refractivity contribution in [2.75, 3.05) is 5.75 Å². The van der Waals surface area contributed by atoms with Crippen LogP contribution in [0.2, 0.25) is 0 Å². The minimum Gasteiger partial charge on any atom is -0.481 e. The largest absolute Gasteiger partial charge is 0.481 e. The summed E-state index contributed by atoms with van der Waals surface area (Å²) >= 11 is 1.97. The number of carboxylic acid groups (broad SMARTS) is 1. The van der Waals surface area contributed by atoms with Crippen LogP contribution in [0.4, 0.5) is 0 Å². The van der Waals surface area contributed by atoms with Gasteiger partial charge >= 0.3 is 5.97 Å². The topological polar surface area (TPSA) is 50.2 Å². The molecule has 146 valence electrons. The van der Waals surface area contributed by atoms with Crippen LogP contribution in [0, 0.1) is 11.8 Å². The van der Waals surface area contributed by atoms with Crippen molar-refractivity contribution in [3.63, 3.8) is 0 Å². The fourth-order valence-corrected chi connectivity index (χ4v) is 5.32. The molecule has 0 unspecified atom stereocenters. The van der Waals surface area contributed by atoms with Crippen molar-refractivity contribution < 1.29 is 9.90 Å². The first-order valence-corrected chi connectivity index (χ1v) is 11.0. The second kappa shape index (κ2) is 8.84. The van der Waals surface area contributed by atoms with E-state index in [1.165, 1.54) is 28.2 Å². The van der Waals surface area contributed by atoms with E-state index in [2.05, 4.69) is 49.7 Å². The number of aryl methyl sites for hydroxylation is 1. The quantitative estimate of drug-likeness (QED) is 0.707. The zero-order valence-electron chi connectivity index (χ0n) is 16.8. The van der Waals surface area contributed by atoms with Gasteiger partial charge < -0.3 is 5.11 Å². The number of aliphatic carboxylic acids is 1. The van der Waals surface area contributed by atoms with Gasteiger partial charge in [0.2, 0.25) is 0 Å². The molecule has 0 spiro atoms. The van der Waals surface area contributed by atoms with E-state index < -0.39 is 5.97 Å². The first-order valence-electron chi connectivity index (χ1n) is 10.00. The van der Waals surface area contributed by atoms with Crippen molar-refractivity contribution in [3.8, 4) is 11.8 Å². The Bertz CT molecular complexity index is 918. The van der Waals surface area contributed by atoms with Gasteiger partial charge in [-0.2, -0.15) is 0 Å². The van der Waals surface area contributed by atoms with E-state index in [0.717, 1.165) is 24.8 Å². The Labute approximate surface area is 172 Å². The van der Waals surface area contributed by atoms with Gasteiger partial charge in [0, 0.05) is 16.7 Å².